The van der Waals surface area contributed by atoms with E-state index in [2.05, 4.69) is 9.88 Å². The number of hydrogen-bond donors (Lipinski definition) is 0. The Labute approximate surface area is 197 Å². The quantitative estimate of drug-likeness (QED) is 0.530. The van der Waals surface area contributed by atoms with Crippen molar-refractivity contribution in [2.75, 3.05) is 44.8 Å². The largest absolute Gasteiger partial charge is 0.464 e. The van der Waals surface area contributed by atoms with Crippen LogP contribution in [0.5, 0.6) is 0 Å². The molecule has 3 heterocycles. The molecule has 1 fully saturated rings. The van der Waals surface area contributed by atoms with Gasteiger partial charge in [-0.25, -0.2) is 14.0 Å². The average molecular weight is 467 g/mol. The molecule has 0 saturated carbocycles. The minimum atomic E-state index is -0.492. The van der Waals surface area contributed by atoms with Crippen molar-refractivity contribution in [1.82, 2.24) is 14.5 Å². The van der Waals surface area contributed by atoms with Crippen LogP contribution in [0.15, 0.2) is 48.8 Å². The van der Waals surface area contributed by atoms with Crippen LogP contribution in [0.25, 0.3) is 22.3 Å². The van der Waals surface area contributed by atoms with E-state index in [9.17, 15) is 14.0 Å². The number of pyridine rings is 1. The number of piperazine rings is 1. The predicted octanol–water partition coefficient (Wildman–Crippen LogP) is 3.96. The second-order valence-electron chi connectivity index (χ2n) is 7.89. The van der Waals surface area contributed by atoms with E-state index >= 15 is 0 Å². The molecule has 0 atom stereocenters. The van der Waals surface area contributed by atoms with Crippen molar-refractivity contribution in [3.63, 3.8) is 0 Å². The molecule has 1 aromatic carbocycles. The molecule has 9 heteroatoms. The third-order valence-corrected chi connectivity index (χ3v) is 5.95. The smallest absolute Gasteiger partial charge is 0.409 e. The molecule has 0 aliphatic carbocycles. The number of anilines is 1. The number of esters is 1. The Hall–Kier alpha value is -3.88. The van der Waals surface area contributed by atoms with Crippen molar-refractivity contribution >= 4 is 17.9 Å². The van der Waals surface area contributed by atoms with E-state index in [0.717, 1.165) is 16.9 Å². The van der Waals surface area contributed by atoms with Crippen LogP contribution in [0.3, 0.4) is 0 Å². The zero-order valence-electron chi connectivity index (χ0n) is 19.5. The van der Waals surface area contributed by atoms with E-state index in [1.54, 1.807) is 36.4 Å². The van der Waals surface area contributed by atoms with Gasteiger partial charge in [0.25, 0.3) is 0 Å². The Morgan fingerprint density at radius 3 is 2.18 bits per heavy atom. The monoisotopic (exact) mass is 466 g/mol. The molecule has 1 aliphatic rings. The van der Waals surface area contributed by atoms with E-state index in [1.807, 2.05) is 23.7 Å². The molecule has 2 aromatic heterocycles. The molecule has 3 aromatic rings. The Kier molecular flexibility index (Phi) is 6.81. The van der Waals surface area contributed by atoms with Crippen LogP contribution in [0.1, 0.15) is 17.4 Å². The fraction of sp³-hybridized carbons (Fsp3) is 0.320. The lowest BCUT2D eigenvalue weighted by atomic mass is 9.96. The van der Waals surface area contributed by atoms with Crippen molar-refractivity contribution in [3.05, 3.63) is 60.3 Å². The molecule has 8 nitrogen and oxygen atoms in total. The number of amides is 1. The highest BCUT2D eigenvalue weighted by Crippen LogP contribution is 2.44. The number of ether oxygens (including phenoxy) is 2. The van der Waals surface area contributed by atoms with Gasteiger partial charge in [0.2, 0.25) is 0 Å². The van der Waals surface area contributed by atoms with Gasteiger partial charge in [0, 0.05) is 56.7 Å². The summed E-state index contributed by atoms with van der Waals surface area (Å²) < 4.78 is 25.8. The first kappa shape index (κ1) is 23.3. The van der Waals surface area contributed by atoms with Crippen molar-refractivity contribution in [2.24, 2.45) is 7.05 Å². The number of hydrogen-bond acceptors (Lipinski definition) is 6. The van der Waals surface area contributed by atoms with Gasteiger partial charge < -0.3 is 23.8 Å². The molecule has 0 bridgehead atoms. The van der Waals surface area contributed by atoms with E-state index in [0.29, 0.717) is 49.6 Å². The Morgan fingerprint density at radius 2 is 1.59 bits per heavy atom. The van der Waals surface area contributed by atoms with E-state index in [4.69, 9.17) is 9.47 Å². The maximum atomic E-state index is 13.7. The van der Waals surface area contributed by atoms with E-state index in [1.165, 1.54) is 19.2 Å². The van der Waals surface area contributed by atoms with Gasteiger partial charge in [-0.3, -0.25) is 4.98 Å². The van der Waals surface area contributed by atoms with Crippen molar-refractivity contribution < 1.29 is 23.5 Å². The average Bonchev–Trinajstić information content (AvgIpc) is 3.17. The minimum absolute atomic E-state index is 0.326. The molecule has 0 spiro atoms. The van der Waals surface area contributed by atoms with Gasteiger partial charge in [-0.1, -0.05) is 12.1 Å². The molecule has 1 saturated heterocycles. The minimum Gasteiger partial charge on any atom is -0.464 e. The summed E-state index contributed by atoms with van der Waals surface area (Å²) in [5, 5.41) is 0. The molecule has 0 N–H and O–H groups in total. The van der Waals surface area contributed by atoms with Crippen LogP contribution in [0.4, 0.5) is 15.0 Å². The topological polar surface area (TPSA) is 76.9 Å². The number of nitrogens with zero attached hydrogens (tertiary/aromatic N) is 4. The zero-order chi connectivity index (χ0) is 24.2. The Balaban J connectivity index is 1.87. The fourth-order valence-corrected chi connectivity index (χ4v) is 4.38. The van der Waals surface area contributed by atoms with Crippen molar-refractivity contribution in [3.8, 4) is 22.3 Å². The maximum Gasteiger partial charge on any atom is 0.409 e. The Morgan fingerprint density at radius 1 is 0.971 bits per heavy atom. The highest BCUT2D eigenvalue weighted by Gasteiger charge is 2.32. The van der Waals surface area contributed by atoms with Crippen LogP contribution in [0.2, 0.25) is 0 Å². The normalized spacial score (nSPS) is 13.6. The second-order valence-corrected chi connectivity index (χ2v) is 7.89. The molecule has 1 amide bonds. The van der Waals surface area contributed by atoms with Crippen LogP contribution < -0.4 is 4.90 Å². The van der Waals surface area contributed by atoms with Gasteiger partial charge in [0.1, 0.15) is 17.3 Å². The van der Waals surface area contributed by atoms with Gasteiger partial charge in [0.05, 0.1) is 13.7 Å². The first-order valence-corrected chi connectivity index (χ1v) is 11.1. The molecule has 0 unspecified atom stereocenters. The highest BCUT2D eigenvalue weighted by molar-refractivity contribution is 6.05. The summed E-state index contributed by atoms with van der Waals surface area (Å²) in [5.41, 5.74) is 3.40. The van der Waals surface area contributed by atoms with Gasteiger partial charge in [0.15, 0.2) is 0 Å². The van der Waals surface area contributed by atoms with Gasteiger partial charge in [-0.15, -0.1) is 0 Å². The number of carbonyl (C=O) groups excluding carboxylic acids is 2. The van der Waals surface area contributed by atoms with Crippen molar-refractivity contribution in [2.45, 2.75) is 6.92 Å². The first-order valence-electron chi connectivity index (χ1n) is 11.1. The summed E-state index contributed by atoms with van der Waals surface area (Å²) in [6.07, 6.45) is 3.05. The lowest BCUT2D eigenvalue weighted by Gasteiger charge is -2.36. The standard InChI is InChI=1S/C25H27FN4O4/c1-4-34-25(32)30-15-13-29(14-16-30)23-21(18-9-11-27-12-10-18)20(17-5-7-19(26)8-6-17)22(28(23)2)24(31)33-3/h5-12H,4,13-16H2,1-3H3. The lowest BCUT2D eigenvalue weighted by molar-refractivity contribution is 0.0591. The van der Waals surface area contributed by atoms with E-state index in [-0.39, 0.29) is 11.9 Å². The maximum absolute atomic E-state index is 13.7. The van der Waals surface area contributed by atoms with Crippen LogP contribution in [0, 0.1) is 5.82 Å². The molecular formula is C25H27FN4O4. The molecule has 0 radical (unpaired) electrons. The second kappa shape index (κ2) is 9.94. The summed E-state index contributed by atoms with van der Waals surface area (Å²) >= 11 is 0. The molecule has 4 rings (SSSR count). The fourth-order valence-electron chi connectivity index (χ4n) is 4.38. The van der Waals surface area contributed by atoms with Gasteiger partial charge >= 0.3 is 12.1 Å². The number of carbonyl (C=O) groups is 2. The number of methoxy groups -OCH3 is 1. The molecule has 1 aliphatic heterocycles. The first-order chi connectivity index (χ1) is 16.5. The third kappa shape index (κ3) is 4.33. The number of aromatic nitrogens is 2. The van der Waals surface area contributed by atoms with Crippen LogP contribution in [-0.4, -0.2) is 66.4 Å². The summed E-state index contributed by atoms with van der Waals surface area (Å²) in [6.45, 7) is 4.19. The van der Waals surface area contributed by atoms with E-state index < -0.39 is 5.97 Å². The number of benzene rings is 1. The van der Waals surface area contributed by atoms with Gasteiger partial charge in [-0.05, 0) is 42.3 Å². The zero-order valence-corrected chi connectivity index (χ0v) is 19.5. The van der Waals surface area contributed by atoms with Gasteiger partial charge in [-0.2, -0.15) is 0 Å². The van der Waals surface area contributed by atoms with Crippen molar-refractivity contribution in [1.29, 1.82) is 0 Å². The number of halogens is 1. The Bertz CT molecular complexity index is 1170. The summed E-state index contributed by atoms with van der Waals surface area (Å²) in [7, 11) is 3.16. The molecule has 34 heavy (non-hydrogen) atoms. The summed E-state index contributed by atoms with van der Waals surface area (Å²) in [5.74, 6) is -0.0388. The lowest BCUT2D eigenvalue weighted by Crippen LogP contribution is -2.49. The predicted molar refractivity (Wildman–Crippen MR) is 126 cm³/mol. The molecular weight excluding hydrogens is 439 g/mol. The number of rotatable bonds is 5. The molecule has 178 valence electrons. The summed E-state index contributed by atoms with van der Waals surface area (Å²) in [6, 6.07) is 9.81. The SMILES string of the molecule is CCOC(=O)N1CCN(c2c(-c3ccncc3)c(-c3ccc(F)cc3)c(C(=O)OC)n2C)CC1. The van der Waals surface area contributed by atoms with Crippen LogP contribution >= 0.6 is 0 Å². The van der Waals surface area contributed by atoms with Crippen LogP contribution in [-0.2, 0) is 16.5 Å². The summed E-state index contributed by atoms with van der Waals surface area (Å²) in [4.78, 5) is 33.1. The highest BCUT2D eigenvalue weighted by atomic mass is 19.1. The third-order valence-electron chi connectivity index (χ3n) is 5.95.